The number of urea groups is 1. The van der Waals surface area contributed by atoms with Crippen molar-refractivity contribution in [1.82, 2.24) is 9.88 Å². The molecule has 8 nitrogen and oxygen atoms in total. The molecule has 0 radical (unpaired) electrons. The molecule has 0 spiro atoms. The minimum atomic E-state index is -0.821. The van der Waals surface area contributed by atoms with Crippen LogP contribution < -0.4 is 15.4 Å². The highest BCUT2D eigenvalue weighted by molar-refractivity contribution is 6.00. The maximum absolute atomic E-state index is 12.0. The van der Waals surface area contributed by atoms with Gasteiger partial charge in [0, 0.05) is 23.2 Å². The average Bonchev–Trinajstić information content (AvgIpc) is 3.06. The number of imide groups is 1. The van der Waals surface area contributed by atoms with E-state index in [2.05, 4.69) is 16.7 Å². The number of nitriles is 1. The standard InChI is InChI=1S/C22H22N4O4/c1-4-26-19-10-9-16(29-3)12-17(19)18(13-23)20(26)14-7-6-8-15(11-14)24-21(27)25-22(28)30-5-2/h6-12H,4-5H2,1-3H3,(H2,24,25,27,28). The molecular formula is C22H22N4O4. The highest BCUT2D eigenvalue weighted by Crippen LogP contribution is 2.36. The van der Waals surface area contributed by atoms with Crippen molar-refractivity contribution in [2.75, 3.05) is 19.0 Å². The number of ether oxygens (including phenoxy) is 2. The molecule has 30 heavy (non-hydrogen) atoms. The number of amides is 3. The normalized spacial score (nSPS) is 10.3. The lowest BCUT2D eigenvalue weighted by Crippen LogP contribution is -2.34. The number of aryl methyl sites for hydroxylation is 1. The lowest BCUT2D eigenvalue weighted by Gasteiger charge is -2.11. The molecule has 0 unspecified atom stereocenters. The van der Waals surface area contributed by atoms with Gasteiger partial charge in [0.25, 0.3) is 0 Å². The van der Waals surface area contributed by atoms with Crippen LogP contribution >= 0.6 is 0 Å². The monoisotopic (exact) mass is 406 g/mol. The highest BCUT2D eigenvalue weighted by atomic mass is 16.5. The van der Waals surface area contributed by atoms with Gasteiger partial charge in [-0.15, -0.1) is 0 Å². The molecule has 2 N–H and O–H groups in total. The minimum Gasteiger partial charge on any atom is -0.497 e. The number of methoxy groups -OCH3 is 1. The first kappa shape index (κ1) is 20.7. The maximum Gasteiger partial charge on any atom is 0.415 e. The highest BCUT2D eigenvalue weighted by Gasteiger charge is 2.19. The second-order valence-corrected chi connectivity index (χ2v) is 6.34. The van der Waals surface area contributed by atoms with Gasteiger partial charge in [-0.05, 0) is 44.2 Å². The lowest BCUT2D eigenvalue weighted by molar-refractivity contribution is 0.154. The van der Waals surface area contributed by atoms with Crippen LogP contribution in [-0.4, -0.2) is 30.4 Å². The molecule has 2 aromatic carbocycles. The molecule has 0 saturated heterocycles. The molecule has 0 atom stereocenters. The molecule has 0 aliphatic carbocycles. The molecule has 154 valence electrons. The van der Waals surface area contributed by atoms with Crippen molar-refractivity contribution in [2.45, 2.75) is 20.4 Å². The second kappa shape index (κ2) is 9.01. The second-order valence-electron chi connectivity index (χ2n) is 6.34. The Balaban J connectivity index is 2.02. The Hall–Kier alpha value is -3.99. The van der Waals surface area contributed by atoms with E-state index >= 15 is 0 Å². The molecule has 1 heterocycles. The van der Waals surface area contributed by atoms with Crippen molar-refractivity contribution >= 4 is 28.7 Å². The lowest BCUT2D eigenvalue weighted by atomic mass is 10.1. The van der Waals surface area contributed by atoms with Crippen LogP contribution in [0.15, 0.2) is 42.5 Å². The van der Waals surface area contributed by atoms with Crippen molar-refractivity contribution in [2.24, 2.45) is 0 Å². The third-order valence-corrected chi connectivity index (χ3v) is 4.58. The summed E-state index contributed by atoms with van der Waals surface area (Å²) >= 11 is 0. The third kappa shape index (κ3) is 4.05. The van der Waals surface area contributed by atoms with Gasteiger partial charge in [0.15, 0.2) is 0 Å². The minimum absolute atomic E-state index is 0.165. The van der Waals surface area contributed by atoms with E-state index in [-0.39, 0.29) is 6.61 Å². The third-order valence-electron chi connectivity index (χ3n) is 4.58. The molecule has 0 aliphatic rings. The van der Waals surface area contributed by atoms with Gasteiger partial charge in [0.05, 0.1) is 30.5 Å². The van der Waals surface area contributed by atoms with E-state index in [0.717, 1.165) is 22.2 Å². The van der Waals surface area contributed by atoms with Crippen molar-refractivity contribution in [1.29, 1.82) is 5.26 Å². The van der Waals surface area contributed by atoms with Gasteiger partial charge < -0.3 is 19.4 Å². The Morgan fingerprint density at radius 3 is 2.63 bits per heavy atom. The summed E-state index contributed by atoms with van der Waals surface area (Å²) in [5.74, 6) is 0.671. The molecular weight excluding hydrogens is 384 g/mol. The van der Waals surface area contributed by atoms with E-state index in [0.29, 0.717) is 23.5 Å². The fourth-order valence-electron chi connectivity index (χ4n) is 3.37. The van der Waals surface area contributed by atoms with Crippen LogP contribution in [0.2, 0.25) is 0 Å². The molecule has 0 aliphatic heterocycles. The van der Waals surface area contributed by atoms with E-state index in [9.17, 15) is 14.9 Å². The summed E-state index contributed by atoms with van der Waals surface area (Å²) in [7, 11) is 1.58. The number of alkyl carbamates (subject to hydrolysis) is 1. The number of carbonyl (C=O) groups excluding carboxylic acids is 2. The Morgan fingerprint density at radius 2 is 1.97 bits per heavy atom. The number of benzene rings is 2. The zero-order chi connectivity index (χ0) is 21.7. The number of hydrogen-bond donors (Lipinski definition) is 2. The SMILES string of the molecule is CCOC(=O)NC(=O)Nc1cccc(-c2c(C#N)c3cc(OC)ccc3n2CC)c1. The first-order valence-electron chi connectivity index (χ1n) is 9.47. The number of hydrogen-bond acceptors (Lipinski definition) is 5. The zero-order valence-corrected chi connectivity index (χ0v) is 17.0. The van der Waals surface area contributed by atoms with E-state index in [1.54, 1.807) is 32.2 Å². The summed E-state index contributed by atoms with van der Waals surface area (Å²) in [5.41, 5.74) is 3.43. The van der Waals surface area contributed by atoms with Gasteiger partial charge in [-0.2, -0.15) is 5.26 Å². The summed E-state index contributed by atoms with van der Waals surface area (Å²) in [6.45, 7) is 4.47. The molecule has 0 saturated carbocycles. The van der Waals surface area contributed by atoms with Crippen molar-refractivity contribution in [3.8, 4) is 23.1 Å². The summed E-state index contributed by atoms with van der Waals surface area (Å²) in [5, 5.41) is 15.4. The summed E-state index contributed by atoms with van der Waals surface area (Å²) < 4.78 is 12.1. The van der Waals surface area contributed by atoms with Crippen LogP contribution in [0.4, 0.5) is 15.3 Å². The Bertz CT molecular complexity index is 1140. The van der Waals surface area contributed by atoms with Gasteiger partial charge in [0.1, 0.15) is 11.8 Å². The van der Waals surface area contributed by atoms with Gasteiger partial charge in [-0.1, -0.05) is 12.1 Å². The number of fused-ring (bicyclic) bond motifs is 1. The molecule has 3 amide bonds. The topological polar surface area (TPSA) is 105 Å². The van der Waals surface area contributed by atoms with Crippen LogP contribution in [0, 0.1) is 11.3 Å². The number of carbonyl (C=O) groups is 2. The quantitative estimate of drug-likeness (QED) is 0.650. The molecule has 1 aromatic heterocycles. The first-order valence-corrected chi connectivity index (χ1v) is 9.47. The van der Waals surface area contributed by atoms with E-state index in [1.807, 2.05) is 35.8 Å². The predicted octanol–water partition coefficient (Wildman–Crippen LogP) is 4.49. The number of nitrogens with one attached hydrogen (secondary N) is 2. The van der Waals surface area contributed by atoms with Crippen LogP contribution in [0.3, 0.4) is 0 Å². The van der Waals surface area contributed by atoms with Crippen LogP contribution in [-0.2, 0) is 11.3 Å². The smallest absolute Gasteiger partial charge is 0.415 e. The number of rotatable bonds is 5. The zero-order valence-electron chi connectivity index (χ0n) is 17.0. The largest absolute Gasteiger partial charge is 0.497 e. The average molecular weight is 406 g/mol. The molecule has 0 bridgehead atoms. The van der Waals surface area contributed by atoms with E-state index in [4.69, 9.17) is 9.47 Å². The van der Waals surface area contributed by atoms with Crippen LogP contribution in [0.25, 0.3) is 22.2 Å². The fraction of sp³-hybridized carbons (Fsp3) is 0.227. The summed E-state index contributed by atoms with van der Waals surface area (Å²) in [4.78, 5) is 23.4. The number of aromatic nitrogens is 1. The maximum atomic E-state index is 12.0. The van der Waals surface area contributed by atoms with Gasteiger partial charge in [0.2, 0.25) is 0 Å². The number of nitrogens with zero attached hydrogens (tertiary/aromatic N) is 2. The Morgan fingerprint density at radius 1 is 1.17 bits per heavy atom. The van der Waals surface area contributed by atoms with Crippen molar-refractivity contribution in [3.05, 3.63) is 48.0 Å². The summed E-state index contributed by atoms with van der Waals surface area (Å²) in [6.07, 6.45) is -0.821. The van der Waals surface area contributed by atoms with Crippen molar-refractivity contribution < 1.29 is 19.1 Å². The first-order chi connectivity index (χ1) is 14.5. The van der Waals surface area contributed by atoms with Gasteiger partial charge >= 0.3 is 12.1 Å². The van der Waals surface area contributed by atoms with Gasteiger partial charge in [-0.3, -0.25) is 0 Å². The summed E-state index contributed by atoms with van der Waals surface area (Å²) in [6, 6.07) is 14.3. The van der Waals surface area contributed by atoms with E-state index in [1.165, 1.54) is 0 Å². The Labute approximate surface area is 174 Å². The molecule has 8 heteroatoms. The fourth-order valence-corrected chi connectivity index (χ4v) is 3.37. The number of anilines is 1. The van der Waals surface area contributed by atoms with Crippen LogP contribution in [0.5, 0.6) is 5.75 Å². The van der Waals surface area contributed by atoms with Gasteiger partial charge in [-0.25, -0.2) is 14.9 Å². The van der Waals surface area contributed by atoms with E-state index < -0.39 is 12.1 Å². The van der Waals surface area contributed by atoms with Crippen molar-refractivity contribution in [3.63, 3.8) is 0 Å². The molecule has 0 fully saturated rings. The Kier molecular flexibility index (Phi) is 6.23. The molecule has 3 rings (SSSR count). The predicted molar refractivity (Wildman–Crippen MR) is 113 cm³/mol. The molecule has 3 aromatic rings. The van der Waals surface area contributed by atoms with Crippen LogP contribution in [0.1, 0.15) is 19.4 Å².